The number of hydrogen-bond acceptors (Lipinski definition) is 3. The standard InChI is InChI=1S/C17H27N3O3/c1-6-17(5,23)11-18-15(22)19-13-9-7-12(8-10-13)14(21)20-16(2,3)4/h7-10,23H,6,11H2,1-5H3,(H,20,21)(H2,18,19,22)/t17-/m1/s1. The van der Waals surface area contributed by atoms with Gasteiger partial charge in [0.2, 0.25) is 0 Å². The molecule has 0 heterocycles. The van der Waals surface area contributed by atoms with Crippen LogP contribution in [0.25, 0.3) is 0 Å². The summed E-state index contributed by atoms with van der Waals surface area (Å²) in [7, 11) is 0. The molecule has 0 radical (unpaired) electrons. The second-order valence-electron chi connectivity index (χ2n) is 6.94. The SMILES string of the molecule is CC[C@@](C)(O)CNC(=O)Nc1ccc(C(=O)NC(C)(C)C)cc1. The molecule has 3 amide bonds. The molecule has 0 unspecified atom stereocenters. The van der Waals surface area contributed by atoms with Crippen molar-refractivity contribution in [3.63, 3.8) is 0 Å². The minimum absolute atomic E-state index is 0.160. The maximum Gasteiger partial charge on any atom is 0.319 e. The van der Waals surface area contributed by atoms with Crippen LogP contribution in [0.5, 0.6) is 0 Å². The average Bonchev–Trinajstić information content (AvgIpc) is 2.44. The smallest absolute Gasteiger partial charge is 0.319 e. The predicted octanol–water partition coefficient (Wildman–Crippen LogP) is 2.50. The van der Waals surface area contributed by atoms with E-state index in [1.165, 1.54) is 0 Å². The topological polar surface area (TPSA) is 90.5 Å². The normalized spacial score (nSPS) is 13.8. The minimum atomic E-state index is -0.924. The van der Waals surface area contributed by atoms with Gasteiger partial charge in [-0.3, -0.25) is 4.79 Å². The molecule has 4 N–H and O–H groups in total. The summed E-state index contributed by atoms with van der Waals surface area (Å²) in [5.74, 6) is -0.160. The van der Waals surface area contributed by atoms with Crippen molar-refractivity contribution in [1.29, 1.82) is 0 Å². The Bertz CT molecular complexity index is 545. The number of carbonyl (C=O) groups is 2. The van der Waals surface area contributed by atoms with Crippen LogP contribution in [0.1, 0.15) is 51.4 Å². The number of urea groups is 1. The van der Waals surface area contributed by atoms with Crippen molar-refractivity contribution >= 4 is 17.6 Å². The molecule has 0 saturated carbocycles. The summed E-state index contributed by atoms with van der Waals surface area (Å²) in [6.45, 7) is 9.42. The highest BCUT2D eigenvalue weighted by molar-refractivity contribution is 5.95. The Morgan fingerprint density at radius 2 is 1.65 bits per heavy atom. The molecule has 0 fully saturated rings. The molecular weight excluding hydrogens is 294 g/mol. The first-order valence-corrected chi connectivity index (χ1v) is 7.72. The van der Waals surface area contributed by atoms with E-state index in [9.17, 15) is 14.7 Å². The summed E-state index contributed by atoms with van der Waals surface area (Å²) in [5, 5.41) is 18.0. The van der Waals surface area contributed by atoms with Crippen molar-refractivity contribution in [3.8, 4) is 0 Å². The van der Waals surface area contributed by atoms with Gasteiger partial charge < -0.3 is 21.1 Å². The van der Waals surface area contributed by atoms with Gasteiger partial charge in [-0.2, -0.15) is 0 Å². The largest absolute Gasteiger partial charge is 0.388 e. The second kappa shape index (κ2) is 7.46. The molecule has 1 aromatic carbocycles. The van der Waals surface area contributed by atoms with Crippen LogP contribution in [0.2, 0.25) is 0 Å². The number of nitrogens with one attached hydrogen (secondary N) is 3. The van der Waals surface area contributed by atoms with Crippen molar-refractivity contribution < 1.29 is 14.7 Å². The molecule has 0 saturated heterocycles. The predicted molar refractivity (Wildman–Crippen MR) is 91.6 cm³/mol. The maximum atomic E-state index is 12.0. The van der Waals surface area contributed by atoms with Crippen LogP contribution >= 0.6 is 0 Å². The van der Waals surface area contributed by atoms with Gasteiger partial charge in [-0.05, 0) is 58.4 Å². The van der Waals surface area contributed by atoms with Gasteiger partial charge in [0.25, 0.3) is 5.91 Å². The van der Waals surface area contributed by atoms with E-state index in [1.54, 1.807) is 31.2 Å². The number of aliphatic hydroxyl groups is 1. The summed E-state index contributed by atoms with van der Waals surface area (Å²) >= 11 is 0. The lowest BCUT2D eigenvalue weighted by molar-refractivity contribution is 0.0587. The van der Waals surface area contributed by atoms with Crippen LogP contribution in [-0.4, -0.2) is 34.7 Å². The summed E-state index contributed by atoms with van der Waals surface area (Å²) in [6, 6.07) is 6.23. The van der Waals surface area contributed by atoms with Gasteiger partial charge in [-0.1, -0.05) is 6.92 Å². The van der Waals surface area contributed by atoms with Crippen LogP contribution in [0.3, 0.4) is 0 Å². The Morgan fingerprint density at radius 1 is 1.09 bits per heavy atom. The van der Waals surface area contributed by atoms with E-state index in [2.05, 4.69) is 16.0 Å². The van der Waals surface area contributed by atoms with Gasteiger partial charge in [0.1, 0.15) is 0 Å². The first kappa shape index (κ1) is 19.0. The summed E-state index contributed by atoms with van der Waals surface area (Å²) in [5.41, 5.74) is -0.123. The lowest BCUT2D eigenvalue weighted by Gasteiger charge is -2.21. The quantitative estimate of drug-likeness (QED) is 0.671. The Balaban J connectivity index is 2.57. The van der Waals surface area contributed by atoms with Crippen molar-refractivity contribution in [2.24, 2.45) is 0 Å². The highest BCUT2D eigenvalue weighted by Crippen LogP contribution is 2.11. The van der Waals surface area contributed by atoms with Gasteiger partial charge >= 0.3 is 6.03 Å². The molecule has 1 atom stereocenters. The molecule has 0 aromatic heterocycles. The third kappa shape index (κ3) is 7.15. The van der Waals surface area contributed by atoms with E-state index in [-0.39, 0.29) is 18.0 Å². The minimum Gasteiger partial charge on any atom is -0.388 e. The van der Waals surface area contributed by atoms with Gasteiger partial charge in [-0.25, -0.2) is 4.79 Å². The molecule has 6 nitrogen and oxygen atoms in total. The summed E-state index contributed by atoms with van der Waals surface area (Å²) in [6.07, 6.45) is 0.546. The summed E-state index contributed by atoms with van der Waals surface area (Å²) < 4.78 is 0. The van der Waals surface area contributed by atoms with Crippen molar-refractivity contribution in [2.75, 3.05) is 11.9 Å². The Hall–Kier alpha value is -2.08. The lowest BCUT2D eigenvalue weighted by atomic mass is 10.0. The molecule has 0 aliphatic rings. The fraction of sp³-hybridized carbons (Fsp3) is 0.529. The number of rotatable bonds is 5. The van der Waals surface area contributed by atoms with Crippen molar-refractivity contribution in [2.45, 2.75) is 52.2 Å². The number of amides is 3. The number of carbonyl (C=O) groups excluding carboxylic acids is 2. The highest BCUT2D eigenvalue weighted by atomic mass is 16.3. The van der Waals surface area contributed by atoms with E-state index in [0.29, 0.717) is 17.7 Å². The number of anilines is 1. The highest BCUT2D eigenvalue weighted by Gasteiger charge is 2.18. The average molecular weight is 321 g/mol. The zero-order valence-corrected chi connectivity index (χ0v) is 14.5. The zero-order valence-electron chi connectivity index (χ0n) is 14.5. The van der Waals surface area contributed by atoms with Crippen molar-refractivity contribution in [3.05, 3.63) is 29.8 Å². The fourth-order valence-electron chi connectivity index (χ4n) is 1.69. The van der Waals surface area contributed by atoms with Crippen LogP contribution in [0, 0.1) is 0 Å². The molecule has 0 bridgehead atoms. The van der Waals surface area contributed by atoms with Gasteiger partial charge in [0.05, 0.1) is 5.60 Å². The van der Waals surface area contributed by atoms with E-state index >= 15 is 0 Å². The van der Waals surface area contributed by atoms with Crippen LogP contribution in [-0.2, 0) is 0 Å². The Kier molecular flexibility index (Phi) is 6.15. The Labute approximate surface area is 137 Å². The van der Waals surface area contributed by atoms with Crippen LogP contribution in [0.4, 0.5) is 10.5 Å². The zero-order chi connectivity index (χ0) is 17.7. The Morgan fingerprint density at radius 3 is 2.13 bits per heavy atom. The van der Waals surface area contributed by atoms with Gasteiger partial charge in [-0.15, -0.1) is 0 Å². The third-order valence-corrected chi connectivity index (χ3v) is 3.28. The second-order valence-corrected chi connectivity index (χ2v) is 6.94. The van der Waals surface area contributed by atoms with E-state index in [0.717, 1.165) is 0 Å². The molecular formula is C17H27N3O3. The van der Waals surface area contributed by atoms with E-state index < -0.39 is 11.6 Å². The van der Waals surface area contributed by atoms with Gasteiger partial charge in [0, 0.05) is 23.3 Å². The summed E-state index contributed by atoms with van der Waals surface area (Å²) in [4.78, 5) is 23.8. The van der Waals surface area contributed by atoms with Crippen molar-refractivity contribution in [1.82, 2.24) is 10.6 Å². The fourth-order valence-corrected chi connectivity index (χ4v) is 1.69. The molecule has 6 heteroatoms. The lowest BCUT2D eigenvalue weighted by Crippen LogP contribution is -2.41. The first-order chi connectivity index (χ1) is 10.5. The van der Waals surface area contributed by atoms with Crippen LogP contribution < -0.4 is 16.0 Å². The maximum absolute atomic E-state index is 12.0. The number of benzene rings is 1. The first-order valence-electron chi connectivity index (χ1n) is 7.72. The molecule has 0 aliphatic heterocycles. The molecule has 0 spiro atoms. The van der Waals surface area contributed by atoms with Crippen LogP contribution in [0.15, 0.2) is 24.3 Å². The third-order valence-electron chi connectivity index (χ3n) is 3.28. The molecule has 128 valence electrons. The molecule has 23 heavy (non-hydrogen) atoms. The van der Waals surface area contributed by atoms with E-state index in [1.807, 2.05) is 27.7 Å². The molecule has 0 aliphatic carbocycles. The molecule has 1 rings (SSSR count). The van der Waals surface area contributed by atoms with Gasteiger partial charge in [0.15, 0.2) is 0 Å². The number of hydrogen-bond donors (Lipinski definition) is 4. The van der Waals surface area contributed by atoms with E-state index in [4.69, 9.17) is 0 Å². The molecule has 1 aromatic rings. The monoisotopic (exact) mass is 321 g/mol.